The summed E-state index contributed by atoms with van der Waals surface area (Å²) in [5, 5.41) is 0. The molecule has 2 nitrogen and oxygen atoms in total. The predicted octanol–water partition coefficient (Wildman–Crippen LogP) is 6.18. The second-order valence-electron chi connectivity index (χ2n) is 8.73. The summed E-state index contributed by atoms with van der Waals surface area (Å²) >= 11 is 0. The third-order valence-electron chi connectivity index (χ3n) is 7.55. The maximum absolute atomic E-state index is 5.93. The summed E-state index contributed by atoms with van der Waals surface area (Å²) in [7, 11) is 0. The smallest absolute Gasteiger partial charge is 0.0604 e. The number of ether oxygens (including phenoxy) is 2. The molecule has 2 heteroatoms. The SMILES string of the molecule is CC[C@H]1O[C@@H](C)[C@H](C)[C@@H](C)[C@@H]1C.CC[C@H]1O[C@H](C)[C@H](C)[C@@H](C)[C@@H]1C. The molecule has 0 bridgehead atoms. The van der Waals surface area contributed by atoms with E-state index in [0.29, 0.717) is 36.3 Å². The molecule has 0 aromatic rings. The zero-order chi connectivity index (χ0) is 18.6. The molecule has 2 heterocycles. The highest BCUT2D eigenvalue weighted by molar-refractivity contribution is 4.84. The molecule has 2 aliphatic heterocycles. The quantitative estimate of drug-likeness (QED) is 0.597. The van der Waals surface area contributed by atoms with Gasteiger partial charge in [0.05, 0.1) is 24.4 Å². The van der Waals surface area contributed by atoms with Crippen LogP contribution in [0.4, 0.5) is 0 Å². The van der Waals surface area contributed by atoms with Crippen molar-refractivity contribution in [2.45, 2.75) is 106 Å². The summed E-state index contributed by atoms with van der Waals surface area (Å²) in [5.74, 6) is 4.48. The van der Waals surface area contributed by atoms with Gasteiger partial charge in [-0.1, -0.05) is 55.4 Å². The lowest BCUT2D eigenvalue weighted by atomic mass is 9.76. The Bertz CT molecular complexity index is 312. The summed E-state index contributed by atoms with van der Waals surface area (Å²) in [5.41, 5.74) is 0. The van der Waals surface area contributed by atoms with Gasteiger partial charge < -0.3 is 9.47 Å². The molecule has 0 spiro atoms. The van der Waals surface area contributed by atoms with Crippen LogP contribution in [0.25, 0.3) is 0 Å². The van der Waals surface area contributed by atoms with Crippen molar-refractivity contribution in [1.82, 2.24) is 0 Å². The first kappa shape index (κ1) is 22.0. The van der Waals surface area contributed by atoms with E-state index in [0.717, 1.165) is 36.5 Å². The van der Waals surface area contributed by atoms with E-state index < -0.39 is 0 Å². The second kappa shape index (κ2) is 9.57. The molecular weight excluding hydrogens is 296 g/mol. The third kappa shape index (κ3) is 4.97. The van der Waals surface area contributed by atoms with Gasteiger partial charge in [-0.2, -0.15) is 0 Å². The zero-order valence-corrected chi connectivity index (χ0v) is 18.0. The van der Waals surface area contributed by atoms with E-state index >= 15 is 0 Å². The Labute approximate surface area is 152 Å². The normalized spacial score (nSPS) is 49.2. The molecule has 2 saturated heterocycles. The minimum atomic E-state index is 0.446. The molecule has 0 unspecified atom stereocenters. The lowest BCUT2D eigenvalue weighted by Crippen LogP contribution is -2.42. The fourth-order valence-corrected chi connectivity index (χ4v) is 4.47. The standard InChI is InChI=1S/2C11H22O/c2*1-6-11-9(4)7(2)8(3)10(5)12-11/h2*7-11H,6H2,1-5H3/t7-,8-,9+,10+,11-;7-,8-,9+,10-,11-/m11/s1. The monoisotopic (exact) mass is 340 g/mol. The minimum absolute atomic E-state index is 0.446. The van der Waals surface area contributed by atoms with Crippen molar-refractivity contribution in [3.05, 3.63) is 0 Å². The van der Waals surface area contributed by atoms with Gasteiger partial charge in [-0.3, -0.25) is 0 Å². The van der Waals surface area contributed by atoms with Crippen LogP contribution >= 0.6 is 0 Å². The molecule has 0 amide bonds. The molecule has 0 aromatic carbocycles. The van der Waals surface area contributed by atoms with Crippen LogP contribution in [0.5, 0.6) is 0 Å². The van der Waals surface area contributed by atoms with Crippen molar-refractivity contribution in [1.29, 1.82) is 0 Å². The molecule has 10 atom stereocenters. The van der Waals surface area contributed by atoms with Gasteiger partial charge in [-0.05, 0) is 62.2 Å². The summed E-state index contributed by atoms with van der Waals surface area (Å²) < 4.78 is 11.9. The third-order valence-corrected chi connectivity index (χ3v) is 7.55. The van der Waals surface area contributed by atoms with Gasteiger partial charge in [0.1, 0.15) is 0 Å². The van der Waals surface area contributed by atoms with E-state index in [9.17, 15) is 0 Å². The van der Waals surface area contributed by atoms with E-state index in [4.69, 9.17) is 9.47 Å². The average Bonchev–Trinajstić information content (AvgIpc) is 2.58. The fourth-order valence-electron chi connectivity index (χ4n) is 4.47. The molecule has 2 rings (SSSR count). The van der Waals surface area contributed by atoms with E-state index in [1.54, 1.807) is 0 Å². The van der Waals surface area contributed by atoms with Gasteiger partial charge in [0.25, 0.3) is 0 Å². The number of hydrogen-bond donors (Lipinski definition) is 0. The van der Waals surface area contributed by atoms with Crippen LogP contribution in [-0.4, -0.2) is 24.4 Å². The van der Waals surface area contributed by atoms with Crippen molar-refractivity contribution in [3.63, 3.8) is 0 Å². The van der Waals surface area contributed by atoms with E-state index in [2.05, 4.69) is 69.2 Å². The zero-order valence-electron chi connectivity index (χ0n) is 18.0. The molecule has 2 fully saturated rings. The highest BCUT2D eigenvalue weighted by atomic mass is 16.5. The highest BCUT2D eigenvalue weighted by Crippen LogP contribution is 2.36. The van der Waals surface area contributed by atoms with Crippen molar-refractivity contribution in [3.8, 4) is 0 Å². The number of hydrogen-bond acceptors (Lipinski definition) is 2. The van der Waals surface area contributed by atoms with Crippen molar-refractivity contribution < 1.29 is 9.47 Å². The van der Waals surface area contributed by atoms with Crippen molar-refractivity contribution in [2.24, 2.45) is 35.5 Å². The van der Waals surface area contributed by atoms with Crippen LogP contribution in [-0.2, 0) is 9.47 Å². The summed E-state index contributed by atoms with van der Waals surface area (Å²) in [4.78, 5) is 0. The lowest BCUT2D eigenvalue weighted by Gasteiger charge is -2.42. The van der Waals surface area contributed by atoms with Crippen LogP contribution in [0.15, 0.2) is 0 Å². The number of rotatable bonds is 2. The first-order valence-corrected chi connectivity index (χ1v) is 10.5. The van der Waals surface area contributed by atoms with Crippen molar-refractivity contribution >= 4 is 0 Å². The highest BCUT2D eigenvalue weighted by Gasteiger charge is 2.36. The lowest BCUT2D eigenvalue weighted by molar-refractivity contribution is -0.125. The maximum atomic E-state index is 5.93. The Morgan fingerprint density at radius 2 is 0.750 bits per heavy atom. The summed E-state index contributed by atoms with van der Waals surface area (Å²) in [6, 6.07) is 0. The predicted molar refractivity (Wildman–Crippen MR) is 104 cm³/mol. The first-order chi connectivity index (χ1) is 11.1. The van der Waals surface area contributed by atoms with Gasteiger partial charge in [0, 0.05) is 0 Å². The second-order valence-corrected chi connectivity index (χ2v) is 8.73. The van der Waals surface area contributed by atoms with Crippen LogP contribution in [0.2, 0.25) is 0 Å². The first-order valence-electron chi connectivity index (χ1n) is 10.5. The molecule has 0 aromatic heterocycles. The van der Waals surface area contributed by atoms with Crippen LogP contribution < -0.4 is 0 Å². The van der Waals surface area contributed by atoms with Gasteiger partial charge >= 0.3 is 0 Å². The van der Waals surface area contributed by atoms with Crippen LogP contribution in [0.3, 0.4) is 0 Å². The average molecular weight is 341 g/mol. The molecule has 2 aliphatic rings. The Morgan fingerprint density at radius 3 is 1.00 bits per heavy atom. The van der Waals surface area contributed by atoms with Crippen LogP contribution in [0.1, 0.15) is 82.1 Å². The largest absolute Gasteiger partial charge is 0.375 e. The van der Waals surface area contributed by atoms with E-state index in [-0.39, 0.29) is 0 Å². The summed E-state index contributed by atoms with van der Waals surface area (Å²) in [6.07, 6.45) is 4.19. The molecule has 0 N–H and O–H groups in total. The maximum Gasteiger partial charge on any atom is 0.0604 e. The molecule has 0 saturated carbocycles. The Hall–Kier alpha value is -0.0800. The minimum Gasteiger partial charge on any atom is -0.375 e. The van der Waals surface area contributed by atoms with Crippen molar-refractivity contribution in [2.75, 3.05) is 0 Å². The van der Waals surface area contributed by atoms with E-state index in [1.807, 2.05) is 0 Å². The van der Waals surface area contributed by atoms with Gasteiger partial charge in [0.2, 0.25) is 0 Å². The Morgan fingerprint density at radius 1 is 0.458 bits per heavy atom. The van der Waals surface area contributed by atoms with Gasteiger partial charge in [-0.25, -0.2) is 0 Å². The van der Waals surface area contributed by atoms with E-state index in [1.165, 1.54) is 0 Å². The molecular formula is C22H44O2. The Kier molecular flexibility index (Phi) is 8.76. The molecule has 144 valence electrons. The molecule has 0 aliphatic carbocycles. The molecule has 24 heavy (non-hydrogen) atoms. The molecule has 0 radical (unpaired) electrons. The fraction of sp³-hybridized carbons (Fsp3) is 1.00. The van der Waals surface area contributed by atoms with Gasteiger partial charge in [0.15, 0.2) is 0 Å². The Balaban J connectivity index is 0.000000240. The van der Waals surface area contributed by atoms with Gasteiger partial charge in [-0.15, -0.1) is 0 Å². The summed E-state index contributed by atoms with van der Waals surface area (Å²) in [6.45, 7) is 22.8. The van der Waals surface area contributed by atoms with Crippen LogP contribution in [0, 0.1) is 35.5 Å². The topological polar surface area (TPSA) is 18.5 Å².